The van der Waals surface area contributed by atoms with E-state index in [4.69, 9.17) is 11.8 Å². The molecule has 0 aromatic heterocycles. The number of halogens is 1. The van der Waals surface area contributed by atoms with Gasteiger partial charge in [-0.3, -0.25) is 0 Å². The third kappa shape index (κ3) is 2.17. The standard InChI is InChI=1S/C12H10FPS/c13-14(15,11-7-3-1-4-8-11)12-9-5-2-6-10-12/h1-10H. The Morgan fingerprint density at radius 3 is 1.40 bits per heavy atom. The highest BCUT2D eigenvalue weighted by Gasteiger charge is 2.20. The van der Waals surface area contributed by atoms with Crippen molar-refractivity contribution in [1.29, 1.82) is 0 Å². The van der Waals surface area contributed by atoms with Crippen LogP contribution in [-0.2, 0) is 11.8 Å². The second kappa shape index (κ2) is 4.26. The summed E-state index contributed by atoms with van der Waals surface area (Å²) in [6.07, 6.45) is -3.06. The maximum Gasteiger partial charge on any atom is 0.170 e. The van der Waals surface area contributed by atoms with Gasteiger partial charge in [0.25, 0.3) is 0 Å². The molecule has 15 heavy (non-hydrogen) atoms. The first-order valence-corrected chi connectivity index (χ1v) is 7.31. The van der Waals surface area contributed by atoms with Crippen LogP contribution in [-0.4, -0.2) is 0 Å². The van der Waals surface area contributed by atoms with Gasteiger partial charge in [-0.25, -0.2) is 4.20 Å². The van der Waals surface area contributed by atoms with Crippen LogP contribution in [0.3, 0.4) is 0 Å². The quantitative estimate of drug-likeness (QED) is 0.722. The fourth-order valence-electron chi connectivity index (χ4n) is 1.39. The largest absolute Gasteiger partial charge is 0.208 e. The SMILES string of the molecule is FP(=S)(c1ccccc1)c1ccccc1. The second-order valence-electron chi connectivity index (χ2n) is 3.20. The molecule has 0 saturated carbocycles. The van der Waals surface area contributed by atoms with E-state index in [0.717, 1.165) is 0 Å². The third-order valence-electron chi connectivity index (χ3n) is 2.18. The highest BCUT2D eigenvalue weighted by atomic mass is 32.5. The zero-order valence-electron chi connectivity index (χ0n) is 8.01. The van der Waals surface area contributed by atoms with Gasteiger partial charge < -0.3 is 0 Å². The molecule has 0 amide bonds. The lowest BCUT2D eigenvalue weighted by molar-refractivity contribution is 0.913. The Morgan fingerprint density at radius 2 is 1.07 bits per heavy atom. The minimum atomic E-state index is -3.06. The Balaban J connectivity index is 2.50. The lowest BCUT2D eigenvalue weighted by atomic mass is 10.4. The molecule has 3 heteroatoms. The first-order valence-electron chi connectivity index (χ1n) is 4.62. The molecule has 76 valence electrons. The average molecular weight is 236 g/mol. The smallest absolute Gasteiger partial charge is 0.170 e. The van der Waals surface area contributed by atoms with Crippen LogP contribution < -0.4 is 10.6 Å². The number of rotatable bonds is 2. The molecule has 0 radical (unpaired) electrons. The van der Waals surface area contributed by atoms with E-state index < -0.39 is 6.35 Å². The maximum atomic E-state index is 14.5. The van der Waals surface area contributed by atoms with Crippen molar-refractivity contribution in [1.82, 2.24) is 0 Å². The van der Waals surface area contributed by atoms with Crippen LogP contribution in [0.25, 0.3) is 0 Å². The van der Waals surface area contributed by atoms with Crippen LogP contribution in [0.1, 0.15) is 0 Å². The number of benzene rings is 2. The van der Waals surface area contributed by atoms with Gasteiger partial charge in [0, 0.05) is 10.6 Å². The van der Waals surface area contributed by atoms with E-state index in [1.165, 1.54) is 0 Å². The summed E-state index contributed by atoms with van der Waals surface area (Å²) in [6, 6.07) is 18.0. The van der Waals surface area contributed by atoms with Crippen LogP contribution in [0, 0.1) is 0 Å². The summed E-state index contributed by atoms with van der Waals surface area (Å²) in [7, 11) is 0. The van der Waals surface area contributed by atoms with E-state index in [-0.39, 0.29) is 0 Å². The zero-order chi connectivity index (χ0) is 10.7. The third-order valence-corrected chi connectivity index (χ3v) is 5.37. The normalized spacial score (nSPS) is 11.3. The molecule has 0 saturated heterocycles. The molecule has 0 atom stereocenters. The molecule has 2 rings (SSSR count). The van der Waals surface area contributed by atoms with E-state index in [1.54, 1.807) is 24.3 Å². The minimum absolute atomic E-state index is 0.617. The average Bonchev–Trinajstić information content (AvgIpc) is 2.31. The van der Waals surface area contributed by atoms with Crippen molar-refractivity contribution in [2.75, 3.05) is 0 Å². The van der Waals surface area contributed by atoms with Crippen molar-refractivity contribution in [3.8, 4) is 0 Å². The number of hydrogen-bond donors (Lipinski definition) is 0. The lowest BCUT2D eigenvalue weighted by Crippen LogP contribution is -2.11. The highest BCUT2D eigenvalue weighted by Crippen LogP contribution is 2.44. The Morgan fingerprint density at radius 1 is 0.733 bits per heavy atom. The van der Waals surface area contributed by atoms with Gasteiger partial charge in [0.2, 0.25) is 0 Å². The molecule has 0 bridgehead atoms. The fraction of sp³-hybridized carbons (Fsp3) is 0. The molecular formula is C12H10FPS. The first-order chi connectivity index (χ1) is 7.21. The first kappa shape index (κ1) is 10.5. The Kier molecular flexibility index (Phi) is 2.99. The van der Waals surface area contributed by atoms with E-state index in [2.05, 4.69) is 0 Å². The second-order valence-corrected chi connectivity index (χ2v) is 6.81. The maximum absolute atomic E-state index is 14.5. The molecule has 0 spiro atoms. The molecule has 0 nitrogen and oxygen atoms in total. The highest BCUT2D eigenvalue weighted by molar-refractivity contribution is 8.19. The van der Waals surface area contributed by atoms with E-state index in [1.807, 2.05) is 36.4 Å². The van der Waals surface area contributed by atoms with Gasteiger partial charge in [-0.15, -0.1) is 0 Å². The monoisotopic (exact) mass is 236 g/mol. The molecule has 0 aliphatic rings. The summed E-state index contributed by atoms with van der Waals surface area (Å²) < 4.78 is 14.5. The van der Waals surface area contributed by atoms with Gasteiger partial charge in [-0.1, -0.05) is 72.5 Å². The van der Waals surface area contributed by atoms with Gasteiger partial charge in [0.05, 0.1) is 0 Å². The van der Waals surface area contributed by atoms with Crippen LogP contribution in [0.2, 0.25) is 0 Å². The topological polar surface area (TPSA) is 0 Å². The van der Waals surface area contributed by atoms with E-state index >= 15 is 0 Å². The summed E-state index contributed by atoms with van der Waals surface area (Å²) in [5.74, 6) is 0. The van der Waals surface area contributed by atoms with Gasteiger partial charge >= 0.3 is 0 Å². The molecule has 2 aromatic carbocycles. The van der Waals surface area contributed by atoms with Crippen LogP contribution in [0.15, 0.2) is 60.7 Å². The molecule has 0 aliphatic carbocycles. The Bertz CT molecular complexity index is 438. The van der Waals surface area contributed by atoms with Crippen LogP contribution >= 0.6 is 6.35 Å². The van der Waals surface area contributed by atoms with Crippen LogP contribution in [0.5, 0.6) is 0 Å². The van der Waals surface area contributed by atoms with Gasteiger partial charge in [-0.05, 0) is 0 Å². The fourth-order valence-corrected chi connectivity index (χ4v) is 3.53. The van der Waals surface area contributed by atoms with Crippen molar-refractivity contribution < 1.29 is 4.20 Å². The van der Waals surface area contributed by atoms with Crippen molar-refractivity contribution in [3.05, 3.63) is 60.7 Å². The predicted molar refractivity (Wildman–Crippen MR) is 67.5 cm³/mol. The Labute approximate surface area is 93.9 Å². The molecule has 0 unspecified atom stereocenters. The summed E-state index contributed by atoms with van der Waals surface area (Å²) >= 11 is 5.12. The van der Waals surface area contributed by atoms with Crippen molar-refractivity contribution in [2.24, 2.45) is 0 Å². The predicted octanol–water partition coefficient (Wildman–Crippen LogP) is 3.00. The van der Waals surface area contributed by atoms with Crippen molar-refractivity contribution in [2.45, 2.75) is 0 Å². The van der Waals surface area contributed by atoms with E-state index in [0.29, 0.717) is 10.6 Å². The summed E-state index contributed by atoms with van der Waals surface area (Å²) in [5, 5.41) is 1.23. The van der Waals surface area contributed by atoms with Crippen LogP contribution in [0.4, 0.5) is 4.20 Å². The molecule has 0 aliphatic heterocycles. The van der Waals surface area contributed by atoms with Gasteiger partial charge in [0.1, 0.15) is 0 Å². The summed E-state index contributed by atoms with van der Waals surface area (Å²) in [4.78, 5) is 0. The van der Waals surface area contributed by atoms with Gasteiger partial charge in [0.15, 0.2) is 6.35 Å². The van der Waals surface area contributed by atoms with Crippen molar-refractivity contribution >= 4 is 28.8 Å². The van der Waals surface area contributed by atoms with Gasteiger partial charge in [-0.2, -0.15) is 0 Å². The number of hydrogen-bond acceptors (Lipinski definition) is 1. The summed E-state index contributed by atoms with van der Waals surface area (Å²) in [6.45, 7) is 0. The lowest BCUT2D eigenvalue weighted by Gasteiger charge is -2.12. The minimum Gasteiger partial charge on any atom is -0.208 e. The molecular weight excluding hydrogens is 226 g/mol. The van der Waals surface area contributed by atoms with Crippen molar-refractivity contribution in [3.63, 3.8) is 0 Å². The molecule has 0 fully saturated rings. The van der Waals surface area contributed by atoms with E-state index in [9.17, 15) is 4.20 Å². The Hall–Kier alpha value is -0.980. The summed E-state index contributed by atoms with van der Waals surface area (Å²) in [5.41, 5.74) is 0. The zero-order valence-corrected chi connectivity index (χ0v) is 9.72. The molecule has 0 N–H and O–H groups in total. The molecule has 0 heterocycles. The molecule has 2 aromatic rings.